The Kier molecular flexibility index (Phi) is 4.03. The number of rotatable bonds is 2. The van der Waals surface area contributed by atoms with Gasteiger partial charge in [-0.1, -0.05) is 19.1 Å². The molecule has 4 heteroatoms. The zero-order chi connectivity index (χ0) is 16.4. The van der Waals surface area contributed by atoms with E-state index in [1.165, 1.54) is 0 Å². The molecule has 0 aliphatic carbocycles. The standard InChI is InChI=1S/C19H18N2O2/c1-13-8-15-6-7-17(23-2)10-18(15)21(12-13)19(22)16-5-3-4-14(9-16)11-20/h3-7,9-10,13H,8,12H2,1-2H3. The molecule has 0 bridgehead atoms. The summed E-state index contributed by atoms with van der Waals surface area (Å²) in [5, 5.41) is 9.03. The summed E-state index contributed by atoms with van der Waals surface area (Å²) in [6.07, 6.45) is 0.946. The van der Waals surface area contributed by atoms with Gasteiger partial charge < -0.3 is 9.64 Å². The topological polar surface area (TPSA) is 53.3 Å². The van der Waals surface area contributed by atoms with Crippen molar-refractivity contribution >= 4 is 11.6 Å². The molecule has 1 unspecified atom stereocenters. The SMILES string of the molecule is COc1ccc2c(c1)N(C(=O)c1cccc(C#N)c1)CC(C)C2. The molecule has 0 fully saturated rings. The number of carbonyl (C=O) groups excluding carboxylic acids is 1. The molecule has 116 valence electrons. The number of hydrogen-bond acceptors (Lipinski definition) is 3. The molecule has 1 amide bonds. The summed E-state index contributed by atoms with van der Waals surface area (Å²) in [6, 6.07) is 14.8. The maximum atomic E-state index is 13.0. The van der Waals surface area contributed by atoms with Gasteiger partial charge in [0.25, 0.3) is 5.91 Å². The molecular weight excluding hydrogens is 288 g/mol. The number of methoxy groups -OCH3 is 1. The van der Waals surface area contributed by atoms with Gasteiger partial charge >= 0.3 is 0 Å². The maximum absolute atomic E-state index is 13.0. The lowest BCUT2D eigenvalue weighted by Gasteiger charge is -2.33. The number of nitrogens with zero attached hydrogens (tertiary/aromatic N) is 2. The van der Waals surface area contributed by atoms with Crippen molar-refractivity contribution in [1.29, 1.82) is 5.26 Å². The van der Waals surface area contributed by atoms with E-state index in [0.717, 1.165) is 23.4 Å². The van der Waals surface area contributed by atoms with Crippen molar-refractivity contribution in [3.63, 3.8) is 0 Å². The molecule has 1 atom stereocenters. The van der Waals surface area contributed by atoms with Crippen LogP contribution in [0.4, 0.5) is 5.69 Å². The molecule has 2 aromatic rings. The monoisotopic (exact) mass is 306 g/mol. The Morgan fingerprint density at radius 1 is 1.30 bits per heavy atom. The molecule has 2 aromatic carbocycles. The maximum Gasteiger partial charge on any atom is 0.258 e. The number of ether oxygens (including phenoxy) is 1. The van der Waals surface area contributed by atoms with E-state index in [1.807, 2.05) is 18.2 Å². The van der Waals surface area contributed by atoms with Crippen molar-refractivity contribution in [2.75, 3.05) is 18.6 Å². The van der Waals surface area contributed by atoms with E-state index in [-0.39, 0.29) is 5.91 Å². The van der Waals surface area contributed by atoms with Gasteiger partial charge in [0.1, 0.15) is 5.75 Å². The van der Waals surface area contributed by atoms with Crippen LogP contribution in [-0.2, 0) is 6.42 Å². The van der Waals surface area contributed by atoms with Gasteiger partial charge in [0.15, 0.2) is 0 Å². The van der Waals surface area contributed by atoms with Crippen molar-refractivity contribution in [2.24, 2.45) is 5.92 Å². The molecule has 4 nitrogen and oxygen atoms in total. The van der Waals surface area contributed by atoms with Crippen molar-refractivity contribution in [3.05, 3.63) is 59.2 Å². The Balaban J connectivity index is 2.02. The fourth-order valence-corrected chi connectivity index (χ4v) is 3.01. The molecule has 0 radical (unpaired) electrons. The normalized spacial score (nSPS) is 16.4. The van der Waals surface area contributed by atoms with E-state index in [2.05, 4.69) is 13.0 Å². The van der Waals surface area contributed by atoms with Gasteiger partial charge in [-0.3, -0.25) is 4.79 Å². The van der Waals surface area contributed by atoms with Crippen molar-refractivity contribution < 1.29 is 9.53 Å². The molecule has 1 aliphatic rings. The number of fused-ring (bicyclic) bond motifs is 1. The highest BCUT2D eigenvalue weighted by Gasteiger charge is 2.27. The third-order valence-corrected chi connectivity index (χ3v) is 4.13. The Morgan fingerprint density at radius 3 is 2.87 bits per heavy atom. The second kappa shape index (κ2) is 6.13. The third-order valence-electron chi connectivity index (χ3n) is 4.13. The summed E-state index contributed by atoms with van der Waals surface area (Å²) < 4.78 is 5.30. The molecule has 0 N–H and O–H groups in total. The summed E-state index contributed by atoms with van der Waals surface area (Å²) in [4.78, 5) is 14.7. The van der Waals surface area contributed by atoms with Crippen molar-refractivity contribution in [1.82, 2.24) is 0 Å². The quantitative estimate of drug-likeness (QED) is 0.854. The average molecular weight is 306 g/mol. The summed E-state index contributed by atoms with van der Waals surface area (Å²) in [6.45, 7) is 2.80. The van der Waals surface area contributed by atoms with E-state index in [4.69, 9.17) is 10.00 Å². The van der Waals surface area contributed by atoms with Crippen LogP contribution < -0.4 is 9.64 Å². The molecule has 3 rings (SSSR count). The minimum atomic E-state index is -0.0804. The highest BCUT2D eigenvalue weighted by atomic mass is 16.5. The largest absolute Gasteiger partial charge is 0.497 e. The van der Waals surface area contributed by atoms with Gasteiger partial charge in [-0.05, 0) is 42.2 Å². The number of hydrogen-bond donors (Lipinski definition) is 0. The molecule has 0 aromatic heterocycles. The number of nitriles is 1. The molecule has 0 saturated heterocycles. The Morgan fingerprint density at radius 2 is 2.13 bits per heavy atom. The minimum Gasteiger partial charge on any atom is -0.497 e. The van der Waals surface area contributed by atoms with Gasteiger partial charge in [-0.2, -0.15) is 5.26 Å². The zero-order valence-corrected chi connectivity index (χ0v) is 13.2. The first kappa shape index (κ1) is 15.1. The van der Waals surface area contributed by atoms with E-state index < -0.39 is 0 Å². The third kappa shape index (κ3) is 2.91. The lowest BCUT2D eigenvalue weighted by atomic mass is 9.93. The van der Waals surface area contributed by atoms with Crippen LogP contribution in [0.25, 0.3) is 0 Å². The highest BCUT2D eigenvalue weighted by Crippen LogP contribution is 2.33. The number of amides is 1. The highest BCUT2D eigenvalue weighted by molar-refractivity contribution is 6.07. The minimum absolute atomic E-state index is 0.0804. The molecule has 23 heavy (non-hydrogen) atoms. The van der Waals surface area contributed by atoms with Crippen molar-refractivity contribution in [2.45, 2.75) is 13.3 Å². The molecular formula is C19H18N2O2. The van der Waals surface area contributed by atoms with E-state index in [0.29, 0.717) is 23.6 Å². The molecule has 0 saturated carbocycles. The van der Waals surface area contributed by atoms with Crippen LogP contribution in [0.2, 0.25) is 0 Å². The van der Waals surface area contributed by atoms with Crippen LogP contribution >= 0.6 is 0 Å². The van der Waals surface area contributed by atoms with E-state index >= 15 is 0 Å². The van der Waals surface area contributed by atoms with Gasteiger partial charge in [0.2, 0.25) is 0 Å². The first-order valence-corrected chi connectivity index (χ1v) is 7.61. The van der Waals surface area contributed by atoms with Gasteiger partial charge in [-0.15, -0.1) is 0 Å². The zero-order valence-electron chi connectivity index (χ0n) is 13.2. The predicted octanol–water partition coefficient (Wildman–Crippen LogP) is 3.41. The average Bonchev–Trinajstić information content (AvgIpc) is 2.60. The van der Waals surface area contributed by atoms with Crippen LogP contribution in [0.15, 0.2) is 42.5 Å². The second-order valence-electron chi connectivity index (χ2n) is 5.91. The molecule has 0 spiro atoms. The van der Waals surface area contributed by atoms with Crippen molar-refractivity contribution in [3.8, 4) is 11.8 Å². The fraction of sp³-hybridized carbons (Fsp3) is 0.263. The van der Waals surface area contributed by atoms with Gasteiger partial charge in [0, 0.05) is 18.2 Å². The van der Waals surface area contributed by atoms with Gasteiger partial charge in [-0.25, -0.2) is 0 Å². The second-order valence-corrected chi connectivity index (χ2v) is 5.91. The lowest BCUT2D eigenvalue weighted by molar-refractivity contribution is 0.0981. The van der Waals surface area contributed by atoms with Crippen LogP contribution in [0.3, 0.4) is 0 Å². The van der Waals surface area contributed by atoms with Crippen LogP contribution in [-0.4, -0.2) is 19.6 Å². The summed E-state index contributed by atoms with van der Waals surface area (Å²) in [5.41, 5.74) is 3.07. The van der Waals surface area contributed by atoms with Crippen LogP contribution in [0, 0.1) is 17.2 Å². The van der Waals surface area contributed by atoms with E-state index in [9.17, 15) is 4.79 Å². The van der Waals surface area contributed by atoms with Crippen LogP contribution in [0.1, 0.15) is 28.4 Å². The number of benzene rings is 2. The Labute approximate surface area is 135 Å². The Bertz CT molecular complexity index is 792. The summed E-state index contributed by atoms with van der Waals surface area (Å²) in [5.74, 6) is 1.05. The lowest BCUT2D eigenvalue weighted by Crippen LogP contribution is -2.39. The van der Waals surface area contributed by atoms with Crippen LogP contribution in [0.5, 0.6) is 5.75 Å². The van der Waals surface area contributed by atoms with E-state index in [1.54, 1.807) is 36.3 Å². The number of anilines is 1. The molecule has 1 heterocycles. The summed E-state index contributed by atoms with van der Waals surface area (Å²) in [7, 11) is 1.62. The number of carbonyl (C=O) groups is 1. The smallest absolute Gasteiger partial charge is 0.258 e. The summed E-state index contributed by atoms with van der Waals surface area (Å²) >= 11 is 0. The first-order chi connectivity index (χ1) is 11.1. The fourth-order valence-electron chi connectivity index (χ4n) is 3.01. The Hall–Kier alpha value is -2.80. The predicted molar refractivity (Wildman–Crippen MR) is 88.7 cm³/mol. The van der Waals surface area contributed by atoms with Gasteiger partial charge in [0.05, 0.1) is 24.4 Å². The first-order valence-electron chi connectivity index (χ1n) is 7.61. The molecule has 1 aliphatic heterocycles.